The molecule has 1 aliphatic carbocycles. The van der Waals surface area contributed by atoms with E-state index >= 15 is 0 Å². The maximum Gasteiger partial charge on any atom is 0.0675 e. The Balaban J connectivity index is 1.98. The van der Waals surface area contributed by atoms with Gasteiger partial charge in [0, 0.05) is 6.04 Å². The summed E-state index contributed by atoms with van der Waals surface area (Å²) in [6.45, 7) is 1.19. The molecular formula is C12H20N2. The third-order valence-electron chi connectivity index (χ3n) is 4.05. The fourth-order valence-electron chi connectivity index (χ4n) is 2.86. The summed E-state index contributed by atoms with van der Waals surface area (Å²) in [6.07, 6.45) is 7.81. The fraction of sp³-hybridized carbons (Fsp3) is 0.917. The summed E-state index contributed by atoms with van der Waals surface area (Å²) in [6, 6.07) is 3.12. The summed E-state index contributed by atoms with van der Waals surface area (Å²) in [5.74, 6) is 1.03. The van der Waals surface area contributed by atoms with E-state index in [9.17, 15) is 5.26 Å². The zero-order valence-corrected chi connectivity index (χ0v) is 9.08. The maximum atomic E-state index is 9.25. The van der Waals surface area contributed by atoms with Crippen LogP contribution in [0.25, 0.3) is 0 Å². The molecule has 0 N–H and O–H groups in total. The van der Waals surface area contributed by atoms with Gasteiger partial charge in [-0.15, -0.1) is 0 Å². The number of hydrogen-bond acceptors (Lipinski definition) is 2. The molecule has 0 spiro atoms. The van der Waals surface area contributed by atoms with Crippen LogP contribution < -0.4 is 0 Å². The van der Waals surface area contributed by atoms with Crippen molar-refractivity contribution < 1.29 is 0 Å². The number of hydrogen-bond donors (Lipinski definition) is 0. The topological polar surface area (TPSA) is 27.0 Å². The average Bonchev–Trinajstić information content (AvgIpc) is 2.12. The van der Waals surface area contributed by atoms with Crippen LogP contribution >= 0.6 is 0 Å². The van der Waals surface area contributed by atoms with Crippen LogP contribution in [0.15, 0.2) is 0 Å². The second kappa shape index (κ2) is 4.31. The zero-order valence-electron chi connectivity index (χ0n) is 9.08. The number of likely N-dealkylation sites (tertiary alicyclic amines) is 1. The van der Waals surface area contributed by atoms with Crippen molar-refractivity contribution in [2.75, 3.05) is 13.6 Å². The predicted molar refractivity (Wildman–Crippen MR) is 56.7 cm³/mol. The van der Waals surface area contributed by atoms with Gasteiger partial charge in [-0.05, 0) is 45.2 Å². The summed E-state index contributed by atoms with van der Waals surface area (Å²) in [5.41, 5.74) is 0. The lowest BCUT2D eigenvalue weighted by atomic mass is 9.71. The van der Waals surface area contributed by atoms with E-state index in [2.05, 4.69) is 18.0 Å². The van der Waals surface area contributed by atoms with Crippen LogP contribution in [0, 0.1) is 23.2 Å². The maximum absolute atomic E-state index is 9.25. The molecule has 2 aliphatic rings. The molecule has 0 bridgehead atoms. The van der Waals surface area contributed by atoms with Crippen molar-refractivity contribution in [3.8, 4) is 6.07 Å². The largest absolute Gasteiger partial charge is 0.302 e. The number of piperidine rings is 1. The highest BCUT2D eigenvalue weighted by atomic mass is 15.1. The monoisotopic (exact) mass is 192 g/mol. The molecule has 2 fully saturated rings. The highest BCUT2D eigenvalue weighted by molar-refractivity contribution is 4.99. The van der Waals surface area contributed by atoms with Crippen LogP contribution in [0.4, 0.5) is 0 Å². The van der Waals surface area contributed by atoms with Crippen molar-refractivity contribution in [3.63, 3.8) is 0 Å². The first-order chi connectivity index (χ1) is 6.83. The first-order valence-electron chi connectivity index (χ1n) is 5.93. The lowest BCUT2D eigenvalue weighted by Gasteiger charge is -2.41. The lowest BCUT2D eigenvalue weighted by Crippen LogP contribution is -2.44. The Morgan fingerprint density at radius 1 is 1.21 bits per heavy atom. The van der Waals surface area contributed by atoms with E-state index in [1.165, 1.54) is 45.1 Å². The second-order valence-corrected chi connectivity index (χ2v) is 4.89. The highest BCUT2D eigenvalue weighted by Crippen LogP contribution is 2.38. The van der Waals surface area contributed by atoms with Crippen LogP contribution in [-0.2, 0) is 0 Å². The first-order valence-corrected chi connectivity index (χ1v) is 5.93. The Bertz CT molecular complexity index is 227. The molecular weight excluding hydrogens is 172 g/mol. The smallest absolute Gasteiger partial charge is 0.0675 e. The lowest BCUT2D eigenvalue weighted by molar-refractivity contribution is 0.0942. The van der Waals surface area contributed by atoms with Crippen molar-refractivity contribution in [3.05, 3.63) is 0 Å². The molecule has 2 rings (SSSR count). The van der Waals surface area contributed by atoms with Crippen LogP contribution in [0.2, 0.25) is 0 Å². The summed E-state index contributed by atoms with van der Waals surface area (Å²) < 4.78 is 0. The van der Waals surface area contributed by atoms with Gasteiger partial charge in [-0.1, -0.05) is 12.8 Å². The molecule has 2 nitrogen and oxygen atoms in total. The van der Waals surface area contributed by atoms with Crippen LogP contribution in [0.1, 0.15) is 38.5 Å². The van der Waals surface area contributed by atoms with Crippen molar-refractivity contribution >= 4 is 0 Å². The molecule has 2 heteroatoms. The Hall–Kier alpha value is -0.550. The molecule has 2 unspecified atom stereocenters. The van der Waals surface area contributed by atoms with E-state index in [0.29, 0.717) is 17.9 Å². The summed E-state index contributed by atoms with van der Waals surface area (Å²) in [4.78, 5) is 2.41. The predicted octanol–water partition coefficient (Wildman–Crippen LogP) is 2.41. The molecule has 0 amide bonds. The van der Waals surface area contributed by atoms with Crippen LogP contribution in [0.5, 0.6) is 0 Å². The second-order valence-electron chi connectivity index (χ2n) is 4.89. The molecule has 0 aromatic rings. The van der Waals surface area contributed by atoms with Gasteiger partial charge in [0.05, 0.1) is 12.0 Å². The van der Waals surface area contributed by atoms with Crippen molar-refractivity contribution in [1.29, 1.82) is 5.26 Å². The van der Waals surface area contributed by atoms with E-state index in [4.69, 9.17) is 0 Å². The van der Waals surface area contributed by atoms with Crippen LogP contribution in [-0.4, -0.2) is 24.5 Å². The molecule has 14 heavy (non-hydrogen) atoms. The molecule has 0 radical (unpaired) electrons. The summed E-state index contributed by atoms with van der Waals surface area (Å²) in [7, 11) is 2.19. The Morgan fingerprint density at radius 2 is 2.00 bits per heavy atom. The van der Waals surface area contributed by atoms with Gasteiger partial charge < -0.3 is 4.90 Å². The molecule has 0 aromatic heterocycles. The Labute approximate surface area is 86.9 Å². The van der Waals surface area contributed by atoms with Crippen LogP contribution in [0.3, 0.4) is 0 Å². The Morgan fingerprint density at radius 3 is 2.50 bits per heavy atom. The standard InChI is InChI=1S/C12H20N2/c1-14-8-3-2-7-12(14)11(9-13)10-5-4-6-10/h10-12H,2-8H2,1H3. The van der Waals surface area contributed by atoms with Crippen molar-refractivity contribution in [2.45, 2.75) is 44.6 Å². The third kappa shape index (κ3) is 1.79. The quantitative estimate of drug-likeness (QED) is 0.672. The number of nitriles is 1. The summed E-state index contributed by atoms with van der Waals surface area (Å²) in [5, 5.41) is 9.25. The Kier molecular flexibility index (Phi) is 3.08. The fourth-order valence-corrected chi connectivity index (χ4v) is 2.86. The molecule has 1 heterocycles. The van der Waals surface area contributed by atoms with E-state index in [1.54, 1.807) is 0 Å². The molecule has 1 saturated heterocycles. The minimum atomic E-state index is 0.314. The number of nitrogens with zero attached hydrogens (tertiary/aromatic N) is 2. The highest BCUT2D eigenvalue weighted by Gasteiger charge is 2.36. The summed E-state index contributed by atoms with van der Waals surface area (Å²) >= 11 is 0. The van der Waals surface area contributed by atoms with Gasteiger partial charge in [0.2, 0.25) is 0 Å². The van der Waals surface area contributed by atoms with Gasteiger partial charge in [0.15, 0.2) is 0 Å². The third-order valence-corrected chi connectivity index (χ3v) is 4.05. The number of rotatable bonds is 2. The molecule has 1 saturated carbocycles. The van der Waals surface area contributed by atoms with Crippen molar-refractivity contribution in [1.82, 2.24) is 4.90 Å². The van der Waals surface area contributed by atoms with E-state index in [0.717, 1.165) is 0 Å². The molecule has 0 aromatic carbocycles. The molecule has 1 aliphatic heterocycles. The van der Waals surface area contributed by atoms with Crippen molar-refractivity contribution in [2.24, 2.45) is 11.8 Å². The zero-order chi connectivity index (χ0) is 9.97. The van der Waals surface area contributed by atoms with Gasteiger partial charge >= 0.3 is 0 Å². The molecule has 78 valence electrons. The first kappa shape index (κ1) is 9.98. The molecule has 2 atom stereocenters. The van der Waals surface area contributed by atoms with E-state index < -0.39 is 0 Å². The van der Waals surface area contributed by atoms with Gasteiger partial charge in [0.25, 0.3) is 0 Å². The van der Waals surface area contributed by atoms with E-state index in [-0.39, 0.29) is 0 Å². The van der Waals surface area contributed by atoms with E-state index in [1.807, 2.05) is 0 Å². The minimum Gasteiger partial charge on any atom is -0.302 e. The van der Waals surface area contributed by atoms with Gasteiger partial charge in [0.1, 0.15) is 0 Å². The van der Waals surface area contributed by atoms with Gasteiger partial charge in [-0.25, -0.2) is 0 Å². The SMILES string of the molecule is CN1CCCCC1C(C#N)C1CCC1. The van der Waals surface area contributed by atoms with Gasteiger partial charge in [-0.2, -0.15) is 5.26 Å². The van der Waals surface area contributed by atoms with Gasteiger partial charge in [-0.3, -0.25) is 0 Å². The average molecular weight is 192 g/mol. The normalized spacial score (nSPS) is 31.9. The minimum absolute atomic E-state index is 0.314.